The zero-order valence-corrected chi connectivity index (χ0v) is 27.5. The Morgan fingerprint density at radius 3 is 1.19 bits per heavy atom. The van der Waals surface area contributed by atoms with E-state index in [1.807, 2.05) is 18.2 Å². The van der Waals surface area contributed by atoms with Crippen molar-refractivity contribution < 1.29 is 28.4 Å². The van der Waals surface area contributed by atoms with Gasteiger partial charge in [0.15, 0.2) is 16.2 Å². The first-order chi connectivity index (χ1) is 17.7. The topological polar surface area (TPSA) is 55.4 Å². The highest BCUT2D eigenvalue weighted by atomic mass is 28.3. The first-order valence-electron chi connectivity index (χ1n) is 14.8. The Balaban J connectivity index is 1.89. The van der Waals surface area contributed by atoms with Crippen molar-refractivity contribution in [2.24, 2.45) is 0 Å². The van der Waals surface area contributed by atoms with Crippen LogP contribution in [0.5, 0.6) is 0 Å². The van der Waals surface area contributed by atoms with E-state index in [9.17, 15) is 0 Å². The van der Waals surface area contributed by atoms with Crippen LogP contribution in [-0.4, -0.2) is 62.4 Å². The molecule has 0 radical (unpaired) electrons. The largest absolute Gasteiger partial charge is 0.354 e. The van der Waals surface area contributed by atoms with Crippen LogP contribution in [0, 0.1) is 0 Å². The summed E-state index contributed by atoms with van der Waals surface area (Å²) in [7, 11) is -4.44. The van der Waals surface area contributed by atoms with Gasteiger partial charge in [0.25, 0.3) is 0 Å². The molecule has 3 aliphatic rings. The zero-order valence-electron chi connectivity index (χ0n) is 24.1. The average Bonchev–Trinajstić information content (AvgIpc) is 2.90. The molecule has 210 valence electrons. The van der Waals surface area contributed by atoms with Gasteiger partial charge in [-0.05, 0) is 57.8 Å². The van der Waals surface area contributed by atoms with Crippen LogP contribution in [0.2, 0.25) is 39.3 Å². The maximum Gasteiger partial charge on any atom is 0.318 e. The van der Waals surface area contributed by atoms with Gasteiger partial charge in [0.2, 0.25) is 0 Å². The average molecular weight is 567 g/mol. The Morgan fingerprint density at radius 2 is 0.919 bits per heavy atom. The van der Waals surface area contributed by atoms with Crippen LogP contribution in [0.15, 0.2) is 30.3 Å². The van der Waals surface area contributed by atoms with Gasteiger partial charge >= 0.3 is 5.97 Å². The van der Waals surface area contributed by atoms with Crippen LogP contribution in [0.25, 0.3) is 0 Å². The number of hydrogen-bond acceptors (Lipinski definition) is 6. The fourth-order valence-electron chi connectivity index (χ4n) is 5.90. The summed E-state index contributed by atoms with van der Waals surface area (Å²) >= 11 is 0. The molecule has 1 aromatic carbocycles. The van der Waals surface area contributed by atoms with E-state index in [1.165, 1.54) is 0 Å². The monoisotopic (exact) mass is 566 g/mol. The van der Waals surface area contributed by atoms with Crippen molar-refractivity contribution in [3.8, 4) is 0 Å². The third-order valence-electron chi connectivity index (χ3n) is 8.49. The van der Waals surface area contributed by atoms with Gasteiger partial charge in [-0.3, -0.25) is 14.2 Å². The second-order valence-electron chi connectivity index (χ2n) is 12.0. The molecule has 3 heterocycles. The lowest BCUT2D eigenvalue weighted by molar-refractivity contribution is -0.513. The Labute approximate surface area is 229 Å². The zero-order chi connectivity index (χ0) is 26.6. The summed E-state index contributed by atoms with van der Waals surface area (Å²) in [4.78, 5) is 0. The van der Waals surface area contributed by atoms with E-state index in [1.54, 1.807) is 0 Å². The second-order valence-corrected chi connectivity index (χ2v) is 21.6. The Kier molecular flexibility index (Phi) is 9.95. The van der Waals surface area contributed by atoms with Gasteiger partial charge in [-0.25, -0.2) is 0 Å². The van der Waals surface area contributed by atoms with Crippen molar-refractivity contribution in [3.05, 3.63) is 35.9 Å². The summed E-state index contributed by atoms with van der Waals surface area (Å²) in [5.74, 6) is -1.47. The molecule has 3 fully saturated rings. The van der Waals surface area contributed by atoms with Gasteiger partial charge in [0.05, 0.1) is 0 Å². The van der Waals surface area contributed by atoms with Crippen molar-refractivity contribution in [2.45, 2.75) is 119 Å². The van der Waals surface area contributed by atoms with Crippen LogP contribution in [-0.2, 0) is 34.4 Å². The summed E-state index contributed by atoms with van der Waals surface area (Å²) in [6.07, 6.45) is 9.00. The van der Waals surface area contributed by atoms with E-state index in [-0.39, 0.29) is 0 Å². The number of benzene rings is 1. The van der Waals surface area contributed by atoms with E-state index in [0.29, 0.717) is 19.8 Å². The van der Waals surface area contributed by atoms with Crippen LogP contribution in [0.3, 0.4) is 0 Å². The highest BCUT2D eigenvalue weighted by molar-refractivity contribution is 6.59. The van der Waals surface area contributed by atoms with Crippen LogP contribution >= 0.6 is 0 Å². The Bertz CT molecular complexity index is 753. The fraction of sp³-hybridized carbons (Fsp3) is 0.786. The summed E-state index contributed by atoms with van der Waals surface area (Å²) < 4.78 is 41.8. The highest BCUT2D eigenvalue weighted by Crippen LogP contribution is 2.48. The molecule has 37 heavy (non-hydrogen) atoms. The number of hydrogen-bond donors (Lipinski definition) is 0. The second kappa shape index (κ2) is 12.4. The molecule has 0 saturated carbocycles. The molecule has 3 atom stereocenters. The Morgan fingerprint density at radius 1 is 0.568 bits per heavy atom. The van der Waals surface area contributed by atoms with E-state index in [4.69, 9.17) is 28.4 Å². The summed E-state index contributed by atoms with van der Waals surface area (Å²) in [5, 5.41) is 0. The van der Waals surface area contributed by atoms with E-state index in [0.717, 1.165) is 63.4 Å². The quantitative estimate of drug-likeness (QED) is 0.271. The molecular formula is C28H50O6Si3. The van der Waals surface area contributed by atoms with Crippen LogP contribution < -0.4 is 0 Å². The van der Waals surface area contributed by atoms with Gasteiger partial charge < -0.3 is 14.2 Å². The molecule has 0 amide bonds. The molecule has 0 spiro atoms. The van der Waals surface area contributed by atoms with Crippen LogP contribution in [0.4, 0.5) is 0 Å². The molecule has 6 nitrogen and oxygen atoms in total. The van der Waals surface area contributed by atoms with Crippen molar-refractivity contribution in [3.63, 3.8) is 0 Å². The van der Waals surface area contributed by atoms with Crippen molar-refractivity contribution in [2.75, 3.05) is 19.8 Å². The third-order valence-corrected chi connectivity index (χ3v) is 15.5. The van der Waals surface area contributed by atoms with Gasteiger partial charge in [0.1, 0.15) is 26.4 Å². The molecule has 1 aromatic rings. The molecule has 0 bridgehead atoms. The molecule has 3 unspecified atom stereocenters. The standard InChI is InChI=1S/C28H50O6Si3/c1-35(2)25(18-10-13-21-29-25)32-28(24-16-8-7-9-17-24,33-26(36(3)4)19-11-14-22-30-26)34-27(37(5)6)20-12-15-23-31-27/h7-9,16-17,35-37H,10-15,18-23H2,1-6H3. The lowest BCUT2D eigenvalue weighted by Gasteiger charge is -2.54. The van der Waals surface area contributed by atoms with E-state index >= 15 is 0 Å². The maximum atomic E-state index is 7.35. The lowest BCUT2D eigenvalue weighted by Crippen LogP contribution is -2.64. The smallest absolute Gasteiger partial charge is 0.318 e. The van der Waals surface area contributed by atoms with Gasteiger partial charge in [0, 0.05) is 25.4 Å². The van der Waals surface area contributed by atoms with Crippen LogP contribution in [0.1, 0.15) is 63.4 Å². The lowest BCUT2D eigenvalue weighted by atomic mass is 10.1. The minimum Gasteiger partial charge on any atom is -0.354 e. The summed E-state index contributed by atoms with van der Waals surface area (Å²) in [6, 6.07) is 10.3. The molecule has 0 aliphatic carbocycles. The molecule has 3 saturated heterocycles. The summed E-state index contributed by atoms with van der Waals surface area (Å²) in [5.41, 5.74) is -1.19. The number of ether oxygens (including phenoxy) is 6. The normalized spacial score (nSPS) is 33.1. The molecule has 3 aliphatic heterocycles. The highest BCUT2D eigenvalue weighted by Gasteiger charge is 2.58. The molecular weight excluding hydrogens is 517 g/mol. The molecule has 4 rings (SSSR count). The fourth-order valence-corrected chi connectivity index (χ4v) is 10.8. The molecule has 0 N–H and O–H groups in total. The van der Waals surface area contributed by atoms with E-state index in [2.05, 4.69) is 51.4 Å². The summed E-state index contributed by atoms with van der Waals surface area (Å²) in [6.45, 7) is 16.0. The minimum atomic E-state index is -1.48. The Hall–Kier alpha value is -0.369. The predicted molar refractivity (Wildman–Crippen MR) is 156 cm³/mol. The molecule has 0 aromatic heterocycles. The first-order valence-corrected chi connectivity index (χ1v) is 23.4. The van der Waals surface area contributed by atoms with Crippen molar-refractivity contribution >= 4 is 26.4 Å². The third kappa shape index (κ3) is 6.36. The van der Waals surface area contributed by atoms with E-state index < -0.39 is 48.6 Å². The van der Waals surface area contributed by atoms with Gasteiger partial charge in [-0.2, -0.15) is 0 Å². The van der Waals surface area contributed by atoms with Gasteiger partial charge in [-0.1, -0.05) is 69.6 Å². The molecule has 9 heteroatoms. The van der Waals surface area contributed by atoms with Gasteiger partial charge in [-0.15, -0.1) is 0 Å². The number of rotatable bonds is 10. The van der Waals surface area contributed by atoms with Crippen molar-refractivity contribution in [1.29, 1.82) is 0 Å². The minimum absolute atomic E-state index is 0.684. The van der Waals surface area contributed by atoms with Crippen molar-refractivity contribution in [1.82, 2.24) is 0 Å². The first kappa shape index (κ1) is 29.6. The maximum absolute atomic E-state index is 7.35. The SMILES string of the molecule is C[SiH](C)C1(OC(OC2([SiH](C)C)CCCCO2)(OC2([SiH](C)C)CCCCO2)c2ccccc2)CCCCO1. The predicted octanol–water partition coefficient (Wildman–Crippen LogP) is 5.61.